The van der Waals surface area contributed by atoms with E-state index in [0.29, 0.717) is 24.6 Å². The summed E-state index contributed by atoms with van der Waals surface area (Å²) in [6.07, 6.45) is 3.34. The number of carbonyl (C=O) groups excluding carboxylic acids is 2. The van der Waals surface area contributed by atoms with Crippen molar-refractivity contribution in [3.63, 3.8) is 0 Å². The number of nitrogens with zero attached hydrogens (tertiary/aromatic N) is 2. The Morgan fingerprint density at radius 2 is 2.21 bits per heavy atom. The number of carbonyl (C=O) groups is 2. The Balaban J connectivity index is 1.55. The van der Waals surface area contributed by atoms with E-state index in [4.69, 9.17) is 0 Å². The number of piperidine rings is 1. The van der Waals surface area contributed by atoms with Crippen LogP contribution in [0.25, 0.3) is 16.3 Å². The molecule has 2 saturated heterocycles. The normalized spacial score (nSPS) is 24.2. The van der Waals surface area contributed by atoms with Crippen molar-refractivity contribution in [1.29, 1.82) is 0 Å². The van der Waals surface area contributed by atoms with Gasteiger partial charge in [0.25, 0.3) is 5.91 Å². The van der Waals surface area contributed by atoms with Crippen LogP contribution in [0.2, 0.25) is 0 Å². The van der Waals surface area contributed by atoms with Crippen LogP contribution in [-0.2, 0) is 9.59 Å². The van der Waals surface area contributed by atoms with Crippen LogP contribution in [0.1, 0.15) is 18.4 Å². The van der Waals surface area contributed by atoms with Crippen LogP contribution in [0.4, 0.5) is 0 Å². The van der Waals surface area contributed by atoms with Gasteiger partial charge in [-0.2, -0.15) is 0 Å². The zero-order chi connectivity index (χ0) is 16.5. The highest BCUT2D eigenvalue weighted by Gasteiger charge is 2.26. The average Bonchev–Trinajstić information content (AvgIpc) is 3.16. The molecule has 0 radical (unpaired) electrons. The molecule has 2 fully saturated rings. The van der Waals surface area contributed by atoms with E-state index in [1.54, 1.807) is 22.9 Å². The Bertz CT molecular complexity index is 885. The van der Waals surface area contributed by atoms with Crippen molar-refractivity contribution in [3.05, 3.63) is 35.0 Å². The number of guanidine groups is 1. The number of benzene rings is 1. The molecule has 0 aliphatic carbocycles. The maximum atomic E-state index is 12.1. The molecule has 2 amide bonds. The number of thiazole rings is 1. The molecule has 0 spiro atoms. The summed E-state index contributed by atoms with van der Waals surface area (Å²) in [5, 5.41) is 8.40. The van der Waals surface area contributed by atoms with Gasteiger partial charge in [0.05, 0.1) is 15.7 Å². The molecular formula is C16H15N5O2S. The second-order valence-electron chi connectivity index (χ2n) is 5.64. The average molecular weight is 341 g/mol. The van der Waals surface area contributed by atoms with Gasteiger partial charge in [0.1, 0.15) is 11.7 Å². The minimum Gasteiger partial charge on any atom is -0.354 e. The van der Waals surface area contributed by atoms with Crippen molar-refractivity contribution in [2.45, 2.75) is 18.9 Å². The molecule has 0 saturated carbocycles. The molecule has 1 unspecified atom stereocenters. The van der Waals surface area contributed by atoms with Crippen molar-refractivity contribution < 1.29 is 9.59 Å². The maximum absolute atomic E-state index is 12.1. The summed E-state index contributed by atoms with van der Waals surface area (Å²) in [6.45, 7) is 0.686. The number of hydrogen-bond donors (Lipinski definition) is 3. The van der Waals surface area contributed by atoms with Crippen LogP contribution in [0, 0.1) is 0 Å². The summed E-state index contributed by atoms with van der Waals surface area (Å²) in [5.74, 6) is -0.0283. The van der Waals surface area contributed by atoms with Crippen LogP contribution in [0.5, 0.6) is 0 Å². The Morgan fingerprint density at radius 3 is 3.08 bits per heavy atom. The second-order valence-corrected chi connectivity index (χ2v) is 6.53. The predicted molar refractivity (Wildman–Crippen MR) is 92.3 cm³/mol. The number of aliphatic imine (C=N–C) groups is 1. The Hall–Kier alpha value is -2.74. The quantitative estimate of drug-likeness (QED) is 0.710. The molecule has 1 aromatic carbocycles. The fourth-order valence-corrected chi connectivity index (χ4v) is 3.45. The molecule has 3 N–H and O–H groups in total. The SMILES string of the molecule is O=C1NC(=NC2CCCNC2=O)N/C1=C\c1ccc2ncsc2c1. The lowest BCUT2D eigenvalue weighted by Gasteiger charge is -2.18. The van der Waals surface area contributed by atoms with Gasteiger partial charge in [-0.25, -0.2) is 9.98 Å². The van der Waals surface area contributed by atoms with Gasteiger partial charge >= 0.3 is 0 Å². The summed E-state index contributed by atoms with van der Waals surface area (Å²) in [7, 11) is 0. The maximum Gasteiger partial charge on any atom is 0.274 e. The van der Waals surface area contributed by atoms with E-state index in [1.165, 1.54) is 0 Å². The van der Waals surface area contributed by atoms with Crippen molar-refractivity contribution in [1.82, 2.24) is 20.9 Å². The number of nitrogens with one attached hydrogen (secondary N) is 3. The molecule has 0 bridgehead atoms. The minimum absolute atomic E-state index is 0.0992. The van der Waals surface area contributed by atoms with Crippen molar-refractivity contribution in [2.75, 3.05) is 6.54 Å². The van der Waals surface area contributed by atoms with Gasteiger partial charge < -0.3 is 10.6 Å². The Morgan fingerprint density at radius 1 is 1.29 bits per heavy atom. The smallest absolute Gasteiger partial charge is 0.274 e. The minimum atomic E-state index is -0.450. The zero-order valence-electron chi connectivity index (χ0n) is 12.7. The van der Waals surface area contributed by atoms with E-state index in [0.717, 1.165) is 22.2 Å². The highest BCUT2D eigenvalue weighted by molar-refractivity contribution is 7.16. The van der Waals surface area contributed by atoms with Gasteiger partial charge in [0.2, 0.25) is 11.9 Å². The first kappa shape index (κ1) is 14.8. The van der Waals surface area contributed by atoms with E-state index in [-0.39, 0.29) is 11.8 Å². The largest absolute Gasteiger partial charge is 0.354 e. The number of aromatic nitrogens is 1. The number of fused-ring (bicyclic) bond motifs is 1. The van der Waals surface area contributed by atoms with Gasteiger partial charge in [-0.05, 0) is 36.6 Å². The van der Waals surface area contributed by atoms with Crippen LogP contribution >= 0.6 is 11.3 Å². The predicted octanol–water partition coefficient (Wildman–Crippen LogP) is 0.991. The first-order valence-electron chi connectivity index (χ1n) is 7.68. The molecule has 1 atom stereocenters. The molecule has 2 aliphatic rings. The van der Waals surface area contributed by atoms with E-state index in [2.05, 4.69) is 25.9 Å². The Kier molecular flexibility index (Phi) is 3.73. The molecule has 24 heavy (non-hydrogen) atoms. The lowest BCUT2D eigenvalue weighted by atomic mass is 10.1. The molecule has 4 rings (SSSR count). The van der Waals surface area contributed by atoms with Crippen molar-refractivity contribution in [2.24, 2.45) is 4.99 Å². The van der Waals surface area contributed by atoms with Crippen LogP contribution in [0.15, 0.2) is 34.4 Å². The topological polar surface area (TPSA) is 95.5 Å². The molecule has 122 valence electrons. The third-order valence-corrected chi connectivity index (χ3v) is 4.73. The summed E-state index contributed by atoms with van der Waals surface area (Å²) in [5.41, 5.74) is 4.05. The van der Waals surface area contributed by atoms with E-state index >= 15 is 0 Å². The standard InChI is InChI=1S/C16H15N5O2S/c22-14-11(2-1-5-17-14)19-16-20-12(15(23)21-16)6-9-3-4-10-13(7-9)24-8-18-10/h3-4,6-8,11H,1-2,5H2,(H,17,22)(H2,19,20,21,23)/b12-6-. The van der Waals surface area contributed by atoms with Crippen molar-refractivity contribution in [3.8, 4) is 0 Å². The van der Waals surface area contributed by atoms with Crippen LogP contribution in [-0.4, -0.2) is 35.3 Å². The highest BCUT2D eigenvalue weighted by Crippen LogP contribution is 2.20. The van der Waals surface area contributed by atoms with E-state index in [1.807, 2.05) is 18.2 Å². The van der Waals surface area contributed by atoms with E-state index < -0.39 is 6.04 Å². The summed E-state index contributed by atoms with van der Waals surface area (Å²) < 4.78 is 1.07. The fraction of sp³-hybridized carbons (Fsp3) is 0.250. The summed E-state index contributed by atoms with van der Waals surface area (Å²) >= 11 is 1.55. The molecule has 3 heterocycles. The molecule has 8 heteroatoms. The Labute approximate surface area is 141 Å². The fourth-order valence-electron chi connectivity index (χ4n) is 2.72. The lowest BCUT2D eigenvalue weighted by molar-refractivity contribution is -0.123. The van der Waals surface area contributed by atoms with Gasteiger partial charge in [-0.1, -0.05) is 6.07 Å². The molecule has 2 aliphatic heterocycles. The zero-order valence-corrected chi connectivity index (χ0v) is 13.5. The van der Waals surface area contributed by atoms with Gasteiger partial charge in [0, 0.05) is 6.54 Å². The molecule has 7 nitrogen and oxygen atoms in total. The molecule has 1 aromatic heterocycles. The molecule has 2 aromatic rings. The molecular weight excluding hydrogens is 326 g/mol. The second kappa shape index (κ2) is 6.04. The highest BCUT2D eigenvalue weighted by atomic mass is 32.1. The number of amides is 2. The third kappa shape index (κ3) is 2.88. The van der Waals surface area contributed by atoms with Gasteiger partial charge in [-0.15, -0.1) is 11.3 Å². The van der Waals surface area contributed by atoms with Crippen LogP contribution in [0.3, 0.4) is 0 Å². The van der Waals surface area contributed by atoms with Gasteiger partial charge in [-0.3, -0.25) is 14.9 Å². The van der Waals surface area contributed by atoms with Crippen LogP contribution < -0.4 is 16.0 Å². The first-order chi connectivity index (χ1) is 11.7. The monoisotopic (exact) mass is 341 g/mol. The van der Waals surface area contributed by atoms with Gasteiger partial charge in [0.15, 0.2) is 0 Å². The summed E-state index contributed by atoms with van der Waals surface area (Å²) in [4.78, 5) is 32.4. The number of rotatable bonds is 2. The third-order valence-electron chi connectivity index (χ3n) is 3.94. The van der Waals surface area contributed by atoms with E-state index in [9.17, 15) is 9.59 Å². The van der Waals surface area contributed by atoms with Crippen molar-refractivity contribution >= 4 is 45.4 Å². The number of hydrogen-bond acceptors (Lipinski definition) is 5. The lowest BCUT2D eigenvalue weighted by Crippen LogP contribution is -2.41. The first-order valence-corrected chi connectivity index (χ1v) is 8.56. The summed E-state index contributed by atoms with van der Waals surface area (Å²) in [6, 6.07) is 5.37.